The number of aromatic nitrogens is 1. The summed E-state index contributed by atoms with van der Waals surface area (Å²) in [5.41, 5.74) is 0.463. The number of carbonyl (C=O) groups is 1. The van der Waals surface area contributed by atoms with Gasteiger partial charge in [-0.15, -0.1) is 0 Å². The first-order valence-corrected chi connectivity index (χ1v) is 4.51. The largest absolute Gasteiger partial charge is 0.395 e. The molecule has 1 amide bonds. The maximum absolute atomic E-state index is 11.6. The first kappa shape index (κ1) is 10.9. The molecule has 0 aliphatic rings. The van der Waals surface area contributed by atoms with Crippen LogP contribution in [0.1, 0.15) is 10.4 Å². The Bertz CT molecular complexity index is 313. The third kappa shape index (κ3) is 2.68. The summed E-state index contributed by atoms with van der Waals surface area (Å²) < 4.78 is 0. The zero-order valence-electron chi connectivity index (χ0n) is 7.77. The van der Waals surface area contributed by atoms with E-state index in [-0.39, 0.29) is 12.5 Å². The lowest BCUT2D eigenvalue weighted by molar-refractivity contribution is 0.0766. The lowest BCUT2D eigenvalue weighted by Gasteiger charge is -2.14. The van der Waals surface area contributed by atoms with Gasteiger partial charge in [-0.25, -0.2) is 4.98 Å². The number of amides is 1. The maximum atomic E-state index is 11.6. The van der Waals surface area contributed by atoms with Crippen molar-refractivity contribution in [2.24, 2.45) is 0 Å². The van der Waals surface area contributed by atoms with Crippen molar-refractivity contribution in [3.63, 3.8) is 0 Å². The van der Waals surface area contributed by atoms with Gasteiger partial charge in [-0.1, -0.05) is 11.6 Å². The smallest absolute Gasteiger partial charge is 0.255 e. The van der Waals surface area contributed by atoms with E-state index in [1.165, 1.54) is 11.1 Å². The molecule has 0 bridgehead atoms. The number of carbonyl (C=O) groups excluding carboxylic acids is 1. The molecule has 76 valence electrons. The van der Waals surface area contributed by atoms with Crippen LogP contribution in [0.15, 0.2) is 18.3 Å². The highest BCUT2D eigenvalue weighted by Crippen LogP contribution is 2.06. The van der Waals surface area contributed by atoms with Gasteiger partial charge in [0.05, 0.1) is 12.2 Å². The quantitative estimate of drug-likeness (QED) is 0.758. The topological polar surface area (TPSA) is 53.4 Å². The summed E-state index contributed by atoms with van der Waals surface area (Å²) in [6.45, 7) is 0.255. The lowest BCUT2D eigenvalue weighted by Crippen LogP contribution is -2.29. The van der Waals surface area contributed by atoms with Crippen LogP contribution in [-0.2, 0) is 0 Å². The van der Waals surface area contributed by atoms with Crippen molar-refractivity contribution in [1.29, 1.82) is 0 Å². The fourth-order valence-corrected chi connectivity index (χ4v) is 1.09. The van der Waals surface area contributed by atoms with E-state index in [1.54, 1.807) is 19.2 Å². The van der Waals surface area contributed by atoms with Crippen LogP contribution >= 0.6 is 11.6 Å². The number of pyridine rings is 1. The van der Waals surface area contributed by atoms with E-state index in [4.69, 9.17) is 16.7 Å². The van der Waals surface area contributed by atoms with Crippen LogP contribution in [0.4, 0.5) is 0 Å². The van der Waals surface area contributed by atoms with E-state index >= 15 is 0 Å². The summed E-state index contributed by atoms with van der Waals surface area (Å²) in [5.74, 6) is -0.178. The van der Waals surface area contributed by atoms with Crippen molar-refractivity contribution in [2.45, 2.75) is 0 Å². The molecule has 1 aromatic rings. The highest BCUT2D eigenvalue weighted by Gasteiger charge is 2.10. The predicted octanol–water partition coefficient (Wildman–Crippen LogP) is 0.799. The van der Waals surface area contributed by atoms with Crippen LogP contribution in [0.3, 0.4) is 0 Å². The first-order valence-electron chi connectivity index (χ1n) is 4.13. The summed E-state index contributed by atoms with van der Waals surface area (Å²) in [6.07, 6.45) is 1.42. The van der Waals surface area contributed by atoms with Gasteiger partial charge in [0.2, 0.25) is 0 Å². The zero-order chi connectivity index (χ0) is 10.6. The molecule has 0 atom stereocenters. The minimum absolute atomic E-state index is 0.0523. The van der Waals surface area contributed by atoms with Crippen molar-refractivity contribution in [3.05, 3.63) is 29.0 Å². The second kappa shape index (κ2) is 4.93. The van der Waals surface area contributed by atoms with Gasteiger partial charge in [-0.2, -0.15) is 0 Å². The van der Waals surface area contributed by atoms with E-state index < -0.39 is 0 Å². The summed E-state index contributed by atoms with van der Waals surface area (Å²) in [7, 11) is 1.62. The average Bonchev–Trinajstić information content (AvgIpc) is 2.18. The molecule has 0 aromatic carbocycles. The minimum Gasteiger partial charge on any atom is -0.395 e. The van der Waals surface area contributed by atoms with Crippen molar-refractivity contribution < 1.29 is 9.90 Å². The maximum Gasteiger partial charge on any atom is 0.255 e. The van der Waals surface area contributed by atoms with Crippen molar-refractivity contribution in [2.75, 3.05) is 20.2 Å². The van der Waals surface area contributed by atoms with E-state index in [9.17, 15) is 4.79 Å². The second-order valence-electron chi connectivity index (χ2n) is 2.82. The number of hydrogen-bond acceptors (Lipinski definition) is 3. The second-order valence-corrected chi connectivity index (χ2v) is 3.21. The Hall–Kier alpha value is -1.13. The summed E-state index contributed by atoms with van der Waals surface area (Å²) >= 11 is 5.58. The fraction of sp³-hybridized carbons (Fsp3) is 0.333. The molecule has 0 saturated carbocycles. The van der Waals surface area contributed by atoms with Gasteiger partial charge in [-0.05, 0) is 12.1 Å². The van der Waals surface area contributed by atoms with E-state index in [0.717, 1.165) is 0 Å². The van der Waals surface area contributed by atoms with Crippen LogP contribution in [0.5, 0.6) is 0 Å². The van der Waals surface area contributed by atoms with Gasteiger partial charge < -0.3 is 10.0 Å². The third-order valence-electron chi connectivity index (χ3n) is 1.76. The van der Waals surface area contributed by atoms with Gasteiger partial charge in [0.1, 0.15) is 5.15 Å². The molecule has 0 unspecified atom stereocenters. The molecular formula is C9H11ClN2O2. The Morgan fingerprint density at radius 1 is 1.64 bits per heavy atom. The van der Waals surface area contributed by atoms with Crippen LogP contribution in [0.25, 0.3) is 0 Å². The molecule has 0 fully saturated rings. The molecule has 1 N–H and O–H groups in total. The number of likely N-dealkylation sites (N-methyl/N-ethyl adjacent to an activating group) is 1. The lowest BCUT2D eigenvalue weighted by atomic mass is 10.2. The van der Waals surface area contributed by atoms with Crippen LogP contribution in [0.2, 0.25) is 5.15 Å². The van der Waals surface area contributed by atoms with Crippen molar-refractivity contribution in [1.82, 2.24) is 9.88 Å². The Labute approximate surface area is 87.1 Å². The van der Waals surface area contributed by atoms with E-state index in [0.29, 0.717) is 17.3 Å². The van der Waals surface area contributed by atoms with E-state index in [2.05, 4.69) is 4.98 Å². The van der Waals surface area contributed by atoms with Crippen molar-refractivity contribution in [3.8, 4) is 0 Å². The SMILES string of the molecule is CN(CCO)C(=O)c1ccc(Cl)nc1. The molecule has 1 aromatic heterocycles. The molecule has 5 heteroatoms. The van der Waals surface area contributed by atoms with Gasteiger partial charge in [0.25, 0.3) is 5.91 Å². The Kier molecular flexibility index (Phi) is 3.85. The third-order valence-corrected chi connectivity index (χ3v) is 1.98. The van der Waals surface area contributed by atoms with Gasteiger partial charge in [-0.3, -0.25) is 4.79 Å². The molecule has 4 nitrogen and oxygen atoms in total. The average molecular weight is 215 g/mol. The molecule has 1 heterocycles. The summed E-state index contributed by atoms with van der Waals surface area (Å²) in [5, 5.41) is 9.00. The minimum atomic E-state index is -0.178. The van der Waals surface area contributed by atoms with Crippen LogP contribution < -0.4 is 0 Å². The number of aliphatic hydroxyl groups excluding tert-OH is 1. The van der Waals surface area contributed by atoms with Gasteiger partial charge in [0.15, 0.2) is 0 Å². The summed E-state index contributed by atoms with van der Waals surface area (Å²) in [4.78, 5) is 16.8. The Morgan fingerprint density at radius 2 is 2.36 bits per heavy atom. The highest BCUT2D eigenvalue weighted by molar-refractivity contribution is 6.29. The van der Waals surface area contributed by atoms with E-state index in [1.807, 2.05) is 0 Å². The molecule has 0 aliphatic carbocycles. The predicted molar refractivity (Wildman–Crippen MR) is 53.3 cm³/mol. The fourth-order valence-electron chi connectivity index (χ4n) is 0.974. The number of rotatable bonds is 3. The summed E-state index contributed by atoms with van der Waals surface area (Å²) in [6, 6.07) is 3.16. The standard InChI is InChI=1S/C9H11ClN2O2/c1-12(4-5-13)9(14)7-2-3-8(10)11-6-7/h2-3,6,13H,4-5H2,1H3. The molecule has 0 spiro atoms. The normalized spacial score (nSPS) is 9.93. The highest BCUT2D eigenvalue weighted by atomic mass is 35.5. The van der Waals surface area contributed by atoms with Crippen LogP contribution in [-0.4, -0.2) is 41.1 Å². The molecular weight excluding hydrogens is 204 g/mol. The number of nitrogens with zero attached hydrogens (tertiary/aromatic N) is 2. The molecule has 0 aliphatic heterocycles. The van der Waals surface area contributed by atoms with Gasteiger partial charge >= 0.3 is 0 Å². The monoisotopic (exact) mass is 214 g/mol. The molecule has 14 heavy (non-hydrogen) atoms. The molecule has 0 saturated heterocycles. The Balaban J connectivity index is 2.74. The van der Waals surface area contributed by atoms with Gasteiger partial charge in [0, 0.05) is 19.8 Å². The van der Waals surface area contributed by atoms with Crippen LogP contribution in [0, 0.1) is 0 Å². The number of halogens is 1. The van der Waals surface area contributed by atoms with Crippen molar-refractivity contribution >= 4 is 17.5 Å². The number of hydrogen-bond donors (Lipinski definition) is 1. The molecule has 0 radical (unpaired) electrons. The zero-order valence-corrected chi connectivity index (χ0v) is 8.53. The molecule has 1 rings (SSSR count). The Morgan fingerprint density at radius 3 is 2.86 bits per heavy atom. The number of aliphatic hydroxyl groups is 1. The first-order chi connectivity index (χ1) is 6.65.